The highest BCUT2D eigenvalue weighted by Gasteiger charge is 2.22. The van der Waals surface area contributed by atoms with Gasteiger partial charge >= 0.3 is 0 Å². The smallest absolute Gasteiger partial charge is 0.241 e. The number of primary sulfonamides is 1. The van der Waals surface area contributed by atoms with Gasteiger partial charge in [0.05, 0.1) is 7.11 Å². The second-order valence-electron chi connectivity index (χ2n) is 7.44. The number of hydrogen-bond donors (Lipinski definition) is 1. The summed E-state index contributed by atoms with van der Waals surface area (Å²) in [7, 11) is -2.34. The molecule has 1 aromatic carbocycles. The molecule has 0 saturated carbocycles. The number of hydrogen-bond acceptors (Lipinski definition) is 4. The van der Waals surface area contributed by atoms with Gasteiger partial charge in [-0.15, -0.1) is 0 Å². The molecule has 0 heterocycles. The first-order chi connectivity index (χ1) is 12.0. The van der Waals surface area contributed by atoms with Crippen molar-refractivity contribution in [3.8, 4) is 5.75 Å². The number of benzene rings is 1. The topological polar surface area (TPSA) is 78.6 Å². The molecule has 152 valence electrons. The third-order valence-electron chi connectivity index (χ3n) is 4.32. The predicted molar refractivity (Wildman–Crippen MR) is 108 cm³/mol. The van der Waals surface area contributed by atoms with E-state index in [9.17, 15) is 8.42 Å². The van der Waals surface area contributed by atoms with Crippen molar-refractivity contribution in [2.45, 2.75) is 71.1 Å². The molecule has 6 heteroatoms. The minimum atomic E-state index is -3.76. The van der Waals surface area contributed by atoms with Gasteiger partial charge in [-0.2, -0.15) is 0 Å². The van der Waals surface area contributed by atoms with Crippen LogP contribution in [0.4, 0.5) is 0 Å². The maximum Gasteiger partial charge on any atom is 0.241 e. The quantitative estimate of drug-likeness (QED) is 0.633. The van der Waals surface area contributed by atoms with E-state index in [1.54, 1.807) is 12.1 Å². The number of sulfonamides is 1. The van der Waals surface area contributed by atoms with Crippen LogP contribution >= 0.6 is 0 Å². The highest BCUT2D eigenvalue weighted by Crippen LogP contribution is 2.32. The van der Waals surface area contributed by atoms with Gasteiger partial charge in [-0.05, 0) is 48.3 Å². The van der Waals surface area contributed by atoms with Crippen molar-refractivity contribution >= 4 is 10.0 Å². The lowest BCUT2D eigenvalue weighted by Gasteiger charge is -2.24. The van der Waals surface area contributed by atoms with Crippen LogP contribution in [-0.4, -0.2) is 28.7 Å². The Morgan fingerprint density at radius 3 is 2.19 bits per heavy atom. The number of nitrogens with two attached hydrogens (primary N) is 1. The molecular formula is C20H37NO4S. The zero-order chi connectivity index (χ0) is 20.4. The Morgan fingerprint density at radius 1 is 1.15 bits per heavy atom. The standard InChI is InChI=1S/C12H19NO3S.C8H18O/c1-5-12(2,3)9-6-7-10(16-4)11(8-9)17(13,14)15;1-4-6-9-7-5-8(2)3/h6-8H,5H2,1-4H3,(H2,13,14,15);8H,4-7H2,1-3H3. The average molecular weight is 388 g/mol. The van der Waals surface area contributed by atoms with E-state index in [1.165, 1.54) is 13.5 Å². The molecule has 0 aromatic heterocycles. The van der Waals surface area contributed by atoms with Crippen LogP contribution in [-0.2, 0) is 20.2 Å². The summed E-state index contributed by atoms with van der Waals surface area (Å²) in [6.45, 7) is 14.6. The molecule has 0 saturated heterocycles. The highest BCUT2D eigenvalue weighted by atomic mass is 32.2. The largest absolute Gasteiger partial charge is 0.495 e. The van der Waals surface area contributed by atoms with Crippen molar-refractivity contribution in [1.29, 1.82) is 0 Å². The van der Waals surface area contributed by atoms with Crippen LogP contribution in [0.15, 0.2) is 23.1 Å². The molecule has 26 heavy (non-hydrogen) atoms. The minimum absolute atomic E-state index is 0.0408. The SMILES string of the molecule is CCC(C)(C)c1ccc(OC)c(S(N)(=O)=O)c1.CCCOCCC(C)C. The Morgan fingerprint density at radius 2 is 1.77 bits per heavy atom. The van der Waals surface area contributed by atoms with Crippen LogP contribution in [0, 0.1) is 5.92 Å². The van der Waals surface area contributed by atoms with E-state index < -0.39 is 10.0 Å². The summed E-state index contributed by atoms with van der Waals surface area (Å²) in [6.07, 6.45) is 3.24. The second-order valence-corrected chi connectivity index (χ2v) is 8.97. The maximum absolute atomic E-state index is 11.5. The summed E-state index contributed by atoms with van der Waals surface area (Å²) in [6, 6.07) is 5.11. The van der Waals surface area contributed by atoms with E-state index >= 15 is 0 Å². The number of ether oxygens (including phenoxy) is 2. The van der Waals surface area contributed by atoms with Gasteiger partial charge in [-0.3, -0.25) is 0 Å². The summed E-state index contributed by atoms with van der Waals surface area (Å²) in [5.41, 5.74) is 0.843. The highest BCUT2D eigenvalue weighted by molar-refractivity contribution is 7.89. The van der Waals surface area contributed by atoms with Gasteiger partial charge in [0.2, 0.25) is 10.0 Å². The lowest BCUT2D eigenvalue weighted by Crippen LogP contribution is -2.18. The summed E-state index contributed by atoms with van der Waals surface area (Å²) >= 11 is 0. The first kappa shape index (κ1) is 24.9. The van der Waals surface area contributed by atoms with Crippen LogP contribution in [0.1, 0.15) is 66.4 Å². The fraction of sp³-hybridized carbons (Fsp3) is 0.700. The van der Waals surface area contributed by atoms with Crippen molar-refractivity contribution in [2.75, 3.05) is 20.3 Å². The Kier molecular flexibility index (Phi) is 11.1. The van der Waals surface area contributed by atoms with Gasteiger partial charge < -0.3 is 9.47 Å². The molecule has 0 bridgehead atoms. The van der Waals surface area contributed by atoms with Crippen LogP contribution in [0.5, 0.6) is 5.75 Å². The molecule has 1 aromatic rings. The van der Waals surface area contributed by atoms with Crippen molar-refractivity contribution in [3.05, 3.63) is 23.8 Å². The van der Waals surface area contributed by atoms with Gasteiger partial charge in [0.15, 0.2) is 0 Å². The third kappa shape index (κ3) is 9.01. The third-order valence-corrected chi connectivity index (χ3v) is 5.26. The molecule has 0 spiro atoms. The first-order valence-electron chi connectivity index (χ1n) is 9.28. The molecule has 0 aliphatic heterocycles. The average Bonchev–Trinajstić information content (AvgIpc) is 2.57. The van der Waals surface area contributed by atoms with Crippen LogP contribution in [0.2, 0.25) is 0 Å². The summed E-state index contributed by atoms with van der Waals surface area (Å²) in [4.78, 5) is 0.0408. The zero-order valence-corrected chi connectivity index (χ0v) is 18.3. The van der Waals surface area contributed by atoms with Crippen LogP contribution < -0.4 is 9.88 Å². The van der Waals surface area contributed by atoms with Gasteiger partial charge in [0.1, 0.15) is 10.6 Å². The Hall–Kier alpha value is -1.11. The van der Waals surface area contributed by atoms with Crippen molar-refractivity contribution in [1.82, 2.24) is 0 Å². The van der Waals surface area contributed by atoms with E-state index in [4.69, 9.17) is 14.6 Å². The summed E-state index contributed by atoms with van der Waals surface area (Å²) < 4.78 is 33.3. The van der Waals surface area contributed by atoms with E-state index in [0.717, 1.165) is 37.5 Å². The first-order valence-corrected chi connectivity index (χ1v) is 10.8. The van der Waals surface area contributed by atoms with Crippen molar-refractivity contribution < 1.29 is 17.9 Å². The molecule has 5 nitrogen and oxygen atoms in total. The van der Waals surface area contributed by atoms with E-state index in [1.807, 2.05) is 6.07 Å². The molecule has 0 aliphatic rings. The Balaban J connectivity index is 0.000000590. The van der Waals surface area contributed by atoms with Gasteiger partial charge in [-0.25, -0.2) is 13.6 Å². The van der Waals surface area contributed by atoms with E-state index in [0.29, 0.717) is 0 Å². The Labute approximate surface area is 160 Å². The minimum Gasteiger partial charge on any atom is -0.495 e. The lowest BCUT2D eigenvalue weighted by atomic mass is 9.82. The molecule has 0 aliphatic carbocycles. The maximum atomic E-state index is 11.5. The molecule has 0 unspecified atom stereocenters. The van der Waals surface area contributed by atoms with Crippen molar-refractivity contribution in [3.63, 3.8) is 0 Å². The van der Waals surface area contributed by atoms with Gasteiger partial charge in [0, 0.05) is 13.2 Å². The molecule has 2 N–H and O–H groups in total. The zero-order valence-electron chi connectivity index (χ0n) is 17.5. The number of methoxy groups -OCH3 is 1. The molecule has 0 radical (unpaired) electrons. The van der Waals surface area contributed by atoms with Gasteiger partial charge in [0.25, 0.3) is 0 Å². The second kappa shape index (κ2) is 11.6. The van der Waals surface area contributed by atoms with E-state index in [-0.39, 0.29) is 16.1 Å². The fourth-order valence-electron chi connectivity index (χ4n) is 2.09. The molecule has 0 fully saturated rings. The lowest BCUT2D eigenvalue weighted by molar-refractivity contribution is 0.124. The van der Waals surface area contributed by atoms with Crippen LogP contribution in [0.25, 0.3) is 0 Å². The predicted octanol–water partition coefficient (Wildman–Crippen LogP) is 4.49. The molecule has 0 amide bonds. The molecule has 1 rings (SSSR count). The Bertz CT molecular complexity index is 625. The van der Waals surface area contributed by atoms with Gasteiger partial charge in [-0.1, -0.05) is 47.6 Å². The normalized spacial score (nSPS) is 11.9. The molecular weight excluding hydrogens is 350 g/mol. The van der Waals surface area contributed by atoms with Crippen molar-refractivity contribution in [2.24, 2.45) is 11.1 Å². The summed E-state index contributed by atoms with van der Waals surface area (Å²) in [5, 5.41) is 5.18. The monoisotopic (exact) mass is 387 g/mol. The molecule has 0 atom stereocenters. The summed E-state index contributed by atoms with van der Waals surface area (Å²) in [5.74, 6) is 1.06. The fourth-order valence-corrected chi connectivity index (χ4v) is 2.81. The van der Waals surface area contributed by atoms with E-state index in [2.05, 4.69) is 41.5 Å². The number of rotatable bonds is 9. The van der Waals surface area contributed by atoms with Crippen LogP contribution in [0.3, 0.4) is 0 Å².